The van der Waals surface area contributed by atoms with Crippen LogP contribution in [0.1, 0.15) is 16.7 Å². The first-order chi connectivity index (χ1) is 16.4. The van der Waals surface area contributed by atoms with E-state index in [2.05, 4.69) is 10.6 Å². The van der Waals surface area contributed by atoms with Crippen LogP contribution < -0.4 is 16.4 Å². The van der Waals surface area contributed by atoms with Gasteiger partial charge in [-0.15, -0.1) is 0 Å². The molecule has 0 heterocycles. The highest BCUT2D eigenvalue weighted by molar-refractivity contribution is 5.91. The number of halogens is 1. The number of nitrogens with one attached hydrogen (secondary N) is 2. The minimum Gasteiger partial charge on any atom is -0.445 e. The van der Waals surface area contributed by atoms with Gasteiger partial charge in [-0.2, -0.15) is 0 Å². The highest BCUT2D eigenvalue weighted by Gasteiger charge is 2.26. The van der Waals surface area contributed by atoms with E-state index in [-0.39, 0.29) is 19.4 Å². The summed E-state index contributed by atoms with van der Waals surface area (Å²) in [5.41, 5.74) is 7.57. The fraction of sp³-hybridized carbons (Fsp3) is 0.192. The van der Waals surface area contributed by atoms with E-state index in [1.165, 1.54) is 18.2 Å². The molecule has 3 rings (SSSR count). The maximum absolute atomic E-state index is 13.5. The first-order valence-electron chi connectivity index (χ1n) is 10.8. The van der Waals surface area contributed by atoms with Crippen LogP contribution in [0, 0.1) is 5.82 Å². The van der Waals surface area contributed by atoms with Crippen LogP contribution in [0.25, 0.3) is 0 Å². The number of carbonyl (C=O) groups is 3. The van der Waals surface area contributed by atoms with Crippen molar-refractivity contribution in [3.63, 3.8) is 0 Å². The van der Waals surface area contributed by atoms with Gasteiger partial charge in [-0.3, -0.25) is 9.59 Å². The molecular weight excluding hydrogens is 437 g/mol. The lowest BCUT2D eigenvalue weighted by atomic mass is 10.0. The Morgan fingerprint density at radius 1 is 0.765 bits per heavy atom. The summed E-state index contributed by atoms with van der Waals surface area (Å²) >= 11 is 0. The second-order valence-corrected chi connectivity index (χ2v) is 7.75. The summed E-state index contributed by atoms with van der Waals surface area (Å²) < 4.78 is 18.8. The van der Waals surface area contributed by atoms with Gasteiger partial charge in [0.05, 0.1) is 0 Å². The molecular formula is C26H26FN3O4. The molecule has 0 aliphatic carbocycles. The van der Waals surface area contributed by atoms with Crippen molar-refractivity contribution in [1.29, 1.82) is 0 Å². The standard InChI is InChI=1S/C26H26FN3O4/c27-21-13-7-12-20(14-21)16-22(24(28)31)29-25(32)23(15-18-8-3-1-4-9-18)30-26(33)34-17-19-10-5-2-6-11-19/h1-14,22-23H,15-17H2,(H2,28,31)(H,29,32)(H,30,33)/t22-,23+/m0/s1. The van der Waals surface area contributed by atoms with Gasteiger partial charge in [0.1, 0.15) is 24.5 Å². The number of amides is 3. The number of nitrogens with two attached hydrogens (primary N) is 1. The molecule has 0 spiro atoms. The minimum atomic E-state index is -1.09. The average molecular weight is 464 g/mol. The quantitative estimate of drug-likeness (QED) is 0.429. The van der Waals surface area contributed by atoms with Crippen molar-refractivity contribution in [2.24, 2.45) is 5.73 Å². The van der Waals surface area contributed by atoms with E-state index in [1.807, 2.05) is 60.7 Å². The van der Waals surface area contributed by atoms with Gasteiger partial charge in [-0.25, -0.2) is 9.18 Å². The number of alkyl carbamates (subject to hydrolysis) is 1. The van der Waals surface area contributed by atoms with E-state index in [4.69, 9.17) is 10.5 Å². The lowest BCUT2D eigenvalue weighted by molar-refractivity contribution is -0.128. The molecule has 0 radical (unpaired) electrons. The SMILES string of the molecule is NC(=O)[C@H](Cc1cccc(F)c1)NC(=O)[C@@H](Cc1ccccc1)NC(=O)OCc1ccccc1. The summed E-state index contributed by atoms with van der Waals surface area (Å²) in [6.07, 6.45) is -0.603. The molecule has 0 saturated heterocycles. The van der Waals surface area contributed by atoms with E-state index in [0.29, 0.717) is 5.56 Å². The number of hydrogen-bond donors (Lipinski definition) is 3. The molecule has 4 N–H and O–H groups in total. The van der Waals surface area contributed by atoms with Crippen LogP contribution in [0.4, 0.5) is 9.18 Å². The Morgan fingerprint density at radius 3 is 1.97 bits per heavy atom. The molecule has 2 atom stereocenters. The number of primary amides is 1. The summed E-state index contributed by atoms with van der Waals surface area (Å²) in [5, 5.41) is 5.15. The summed E-state index contributed by atoms with van der Waals surface area (Å²) in [4.78, 5) is 37.5. The van der Waals surface area contributed by atoms with E-state index in [1.54, 1.807) is 6.07 Å². The van der Waals surface area contributed by atoms with Crippen molar-refractivity contribution in [3.8, 4) is 0 Å². The van der Waals surface area contributed by atoms with Crippen LogP contribution in [0.5, 0.6) is 0 Å². The van der Waals surface area contributed by atoms with Crippen LogP contribution in [0.3, 0.4) is 0 Å². The van der Waals surface area contributed by atoms with Crippen molar-refractivity contribution < 1.29 is 23.5 Å². The molecule has 8 heteroatoms. The van der Waals surface area contributed by atoms with Crippen LogP contribution >= 0.6 is 0 Å². The van der Waals surface area contributed by atoms with Crippen LogP contribution in [-0.2, 0) is 33.8 Å². The Labute approximate surface area is 197 Å². The van der Waals surface area contributed by atoms with Gasteiger partial charge >= 0.3 is 6.09 Å². The van der Waals surface area contributed by atoms with Gasteiger partial charge in [-0.05, 0) is 28.8 Å². The van der Waals surface area contributed by atoms with Crippen molar-refractivity contribution >= 4 is 17.9 Å². The maximum atomic E-state index is 13.5. The van der Waals surface area contributed by atoms with Crippen LogP contribution in [-0.4, -0.2) is 30.0 Å². The molecule has 176 valence electrons. The first kappa shape index (κ1) is 24.4. The van der Waals surface area contributed by atoms with Crippen LogP contribution in [0.2, 0.25) is 0 Å². The highest BCUT2D eigenvalue weighted by atomic mass is 19.1. The molecule has 0 unspecified atom stereocenters. The number of benzene rings is 3. The monoisotopic (exact) mass is 463 g/mol. The molecule has 34 heavy (non-hydrogen) atoms. The zero-order valence-corrected chi connectivity index (χ0v) is 18.4. The average Bonchev–Trinajstić information content (AvgIpc) is 2.83. The minimum absolute atomic E-state index is 0.00927. The van der Waals surface area contributed by atoms with Gasteiger partial charge in [0.25, 0.3) is 0 Å². The fourth-order valence-corrected chi connectivity index (χ4v) is 3.36. The van der Waals surface area contributed by atoms with Gasteiger partial charge in [-0.1, -0.05) is 72.8 Å². The smallest absolute Gasteiger partial charge is 0.408 e. The summed E-state index contributed by atoms with van der Waals surface area (Å²) in [7, 11) is 0. The van der Waals surface area contributed by atoms with Crippen LogP contribution in [0.15, 0.2) is 84.9 Å². The Kier molecular flexibility index (Phi) is 8.73. The lowest BCUT2D eigenvalue weighted by Gasteiger charge is -2.22. The number of carbonyl (C=O) groups excluding carboxylic acids is 3. The molecule has 0 aliphatic rings. The number of ether oxygens (including phenoxy) is 1. The third kappa shape index (κ3) is 7.74. The molecule has 0 aromatic heterocycles. The van der Waals surface area contributed by atoms with Gasteiger partial charge < -0.3 is 21.1 Å². The first-order valence-corrected chi connectivity index (χ1v) is 10.8. The van der Waals surface area contributed by atoms with E-state index in [9.17, 15) is 18.8 Å². The Morgan fingerprint density at radius 2 is 1.35 bits per heavy atom. The predicted octanol–water partition coefficient (Wildman–Crippen LogP) is 2.88. The second kappa shape index (κ2) is 12.2. The molecule has 0 aliphatic heterocycles. The molecule has 3 aromatic rings. The van der Waals surface area contributed by atoms with Crippen molar-refractivity contribution in [2.75, 3.05) is 0 Å². The summed E-state index contributed by atoms with van der Waals surface area (Å²) in [6.45, 7) is 0.0375. The van der Waals surface area contributed by atoms with Crippen molar-refractivity contribution in [2.45, 2.75) is 31.5 Å². The zero-order valence-electron chi connectivity index (χ0n) is 18.4. The van der Waals surface area contributed by atoms with E-state index >= 15 is 0 Å². The van der Waals surface area contributed by atoms with Gasteiger partial charge in [0, 0.05) is 12.8 Å². The molecule has 3 amide bonds. The van der Waals surface area contributed by atoms with E-state index < -0.39 is 35.8 Å². The number of rotatable bonds is 10. The van der Waals surface area contributed by atoms with Crippen molar-refractivity contribution in [3.05, 3.63) is 107 Å². The zero-order chi connectivity index (χ0) is 24.3. The third-order valence-corrected chi connectivity index (χ3v) is 5.09. The van der Waals surface area contributed by atoms with Gasteiger partial charge in [0.15, 0.2) is 0 Å². The number of hydrogen-bond acceptors (Lipinski definition) is 4. The summed E-state index contributed by atoms with van der Waals surface area (Å²) in [5.74, 6) is -1.85. The third-order valence-electron chi connectivity index (χ3n) is 5.09. The molecule has 0 fully saturated rings. The summed E-state index contributed by atoms with van der Waals surface area (Å²) in [6, 6.07) is 21.8. The Balaban J connectivity index is 1.69. The molecule has 0 saturated carbocycles. The highest BCUT2D eigenvalue weighted by Crippen LogP contribution is 2.09. The van der Waals surface area contributed by atoms with Gasteiger partial charge in [0.2, 0.25) is 11.8 Å². The van der Waals surface area contributed by atoms with E-state index in [0.717, 1.165) is 11.1 Å². The second-order valence-electron chi connectivity index (χ2n) is 7.75. The Bertz CT molecular complexity index is 1110. The molecule has 0 bridgehead atoms. The largest absolute Gasteiger partial charge is 0.445 e. The molecule has 7 nitrogen and oxygen atoms in total. The lowest BCUT2D eigenvalue weighted by Crippen LogP contribution is -2.54. The topological polar surface area (TPSA) is 111 Å². The molecule has 3 aromatic carbocycles. The Hall–Kier alpha value is -4.20. The van der Waals surface area contributed by atoms with Crippen molar-refractivity contribution in [1.82, 2.24) is 10.6 Å². The predicted molar refractivity (Wildman–Crippen MR) is 125 cm³/mol. The maximum Gasteiger partial charge on any atom is 0.408 e. The fourth-order valence-electron chi connectivity index (χ4n) is 3.36. The normalized spacial score (nSPS) is 12.3.